The van der Waals surface area contributed by atoms with Crippen LogP contribution in [-0.2, 0) is 6.54 Å². The summed E-state index contributed by atoms with van der Waals surface area (Å²) in [7, 11) is 3.45. The number of methoxy groups -OCH3 is 1. The van der Waals surface area contributed by atoms with E-state index in [4.69, 9.17) is 4.74 Å². The monoisotopic (exact) mass is 248 g/mol. The first-order valence-corrected chi connectivity index (χ1v) is 6.29. The molecule has 0 aliphatic carbocycles. The molecule has 0 bridgehead atoms. The molecule has 0 amide bonds. The quantitative estimate of drug-likeness (QED) is 0.646. The number of nitrogens with zero attached hydrogens (tertiary/aromatic N) is 3. The largest absolute Gasteiger partial charge is 0.481 e. The molecular weight excluding hydrogens is 228 g/mol. The number of pyridine rings is 1. The van der Waals surface area contributed by atoms with Crippen LogP contribution in [0.3, 0.4) is 0 Å². The Morgan fingerprint density at radius 3 is 2.89 bits per heavy atom. The molecule has 0 spiro atoms. The number of aromatic nitrogens is 1. The molecule has 5 heteroatoms. The summed E-state index contributed by atoms with van der Waals surface area (Å²) in [5.41, 5.74) is 0.953. The summed E-state index contributed by atoms with van der Waals surface area (Å²) in [6.07, 6.45) is 2.50. The Morgan fingerprint density at radius 1 is 1.44 bits per heavy atom. The number of aliphatic imine (C=N–C) groups is 1. The van der Waals surface area contributed by atoms with Crippen molar-refractivity contribution in [2.45, 2.75) is 19.4 Å². The van der Waals surface area contributed by atoms with Crippen molar-refractivity contribution < 1.29 is 4.74 Å². The van der Waals surface area contributed by atoms with E-state index in [1.807, 2.05) is 25.2 Å². The smallest absolute Gasteiger partial charge is 0.213 e. The van der Waals surface area contributed by atoms with Crippen molar-refractivity contribution in [3.8, 4) is 5.88 Å². The molecule has 1 aliphatic rings. The molecule has 0 unspecified atom stereocenters. The van der Waals surface area contributed by atoms with E-state index in [0.29, 0.717) is 12.4 Å². The fraction of sp³-hybridized carbons (Fsp3) is 0.538. The van der Waals surface area contributed by atoms with E-state index in [2.05, 4.69) is 20.2 Å². The first kappa shape index (κ1) is 12.7. The van der Waals surface area contributed by atoms with Gasteiger partial charge in [0, 0.05) is 26.2 Å². The standard InChI is InChI=1S/C13H20N4O/c1-14-13(17-8-3-4-9-17)15-10-11-6-5-7-12(16-11)18-2/h5-7H,3-4,8-10H2,1-2H3,(H,14,15). The van der Waals surface area contributed by atoms with Gasteiger partial charge in [-0.1, -0.05) is 6.07 Å². The van der Waals surface area contributed by atoms with E-state index >= 15 is 0 Å². The highest BCUT2D eigenvalue weighted by Gasteiger charge is 2.15. The zero-order valence-corrected chi connectivity index (χ0v) is 11.0. The maximum absolute atomic E-state index is 5.11. The fourth-order valence-corrected chi connectivity index (χ4v) is 2.10. The first-order valence-electron chi connectivity index (χ1n) is 6.29. The molecule has 0 aromatic carbocycles. The van der Waals surface area contributed by atoms with Crippen LogP contribution in [0, 0.1) is 0 Å². The summed E-state index contributed by atoms with van der Waals surface area (Å²) in [4.78, 5) is 10.9. The molecule has 0 radical (unpaired) electrons. The molecule has 2 rings (SSSR count). The highest BCUT2D eigenvalue weighted by Crippen LogP contribution is 2.09. The Labute approximate surface area is 108 Å². The maximum Gasteiger partial charge on any atom is 0.213 e. The average molecular weight is 248 g/mol. The Morgan fingerprint density at radius 2 is 2.22 bits per heavy atom. The lowest BCUT2D eigenvalue weighted by Gasteiger charge is -2.20. The summed E-state index contributed by atoms with van der Waals surface area (Å²) in [5, 5.41) is 3.34. The molecule has 1 saturated heterocycles. The summed E-state index contributed by atoms with van der Waals surface area (Å²) in [6.45, 7) is 2.84. The molecule has 0 atom stereocenters. The minimum atomic E-state index is 0.644. The average Bonchev–Trinajstić information content (AvgIpc) is 2.94. The second-order valence-corrected chi connectivity index (χ2v) is 4.27. The van der Waals surface area contributed by atoms with Gasteiger partial charge in [0.2, 0.25) is 5.88 Å². The lowest BCUT2D eigenvalue weighted by molar-refractivity contribution is 0.396. The predicted octanol–water partition coefficient (Wildman–Crippen LogP) is 1.26. The molecule has 1 aromatic rings. The van der Waals surface area contributed by atoms with E-state index in [1.54, 1.807) is 7.11 Å². The van der Waals surface area contributed by atoms with Crippen molar-refractivity contribution in [3.05, 3.63) is 23.9 Å². The van der Waals surface area contributed by atoms with Crippen LogP contribution in [0.15, 0.2) is 23.2 Å². The molecule has 2 heterocycles. The van der Waals surface area contributed by atoms with Crippen molar-refractivity contribution >= 4 is 5.96 Å². The summed E-state index contributed by atoms with van der Waals surface area (Å²) < 4.78 is 5.11. The Balaban J connectivity index is 1.92. The van der Waals surface area contributed by atoms with Gasteiger partial charge in [-0.3, -0.25) is 4.99 Å². The van der Waals surface area contributed by atoms with Crippen LogP contribution in [0.5, 0.6) is 5.88 Å². The number of rotatable bonds is 3. The lowest BCUT2D eigenvalue weighted by Crippen LogP contribution is -2.39. The van der Waals surface area contributed by atoms with Crippen LogP contribution in [0.1, 0.15) is 18.5 Å². The molecule has 98 valence electrons. The van der Waals surface area contributed by atoms with Gasteiger partial charge in [-0.25, -0.2) is 4.98 Å². The van der Waals surface area contributed by atoms with Gasteiger partial charge in [-0.05, 0) is 18.9 Å². The van der Waals surface area contributed by atoms with Crippen molar-refractivity contribution in [1.82, 2.24) is 15.2 Å². The number of ether oxygens (including phenoxy) is 1. The van der Waals surface area contributed by atoms with Gasteiger partial charge in [-0.15, -0.1) is 0 Å². The molecule has 5 nitrogen and oxygen atoms in total. The van der Waals surface area contributed by atoms with Crippen LogP contribution >= 0.6 is 0 Å². The van der Waals surface area contributed by atoms with Gasteiger partial charge >= 0.3 is 0 Å². The van der Waals surface area contributed by atoms with E-state index in [1.165, 1.54) is 12.8 Å². The van der Waals surface area contributed by atoms with Gasteiger partial charge in [-0.2, -0.15) is 0 Å². The molecule has 1 aliphatic heterocycles. The number of nitrogens with one attached hydrogen (secondary N) is 1. The van der Waals surface area contributed by atoms with Crippen molar-refractivity contribution in [2.75, 3.05) is 27.2 Å². The molecule has 1 aromatic heterocycles. The SMILES string of the molecule is CN=C(NCc1cccc(OC)n1)N1CCCC1. The van der Waals surface area contributed by atoms with Crippen LogP contribution in [-0.4, -0.2) is 43.1 Å². The highest BCUT2D eigenvalue weighted by atomic mass is 16.5. The van der Waals surface area contributed by atoms with Crippen LogP contribution in [0.4, 0.5) is 0 Å². The Bertz CT molecular complexity index is 413. The number of hydrogen-bond donors (Lipinski definition) is 1. The maximum atomic E-state index is 5.11. The number of guanidine groups is 1. The minimum absolute atomic E-state index is 0.644. The molecule has 18 heavy (non-hydrogen) atoms. The third-order valence-corrected chi connectivity index (χ3v) is 3.04. The summed E-state index contributed by atoms with van der Waals surface area (Å²) >= 11 is 0. The van der Waals surface area contributed by atoms with Gasteiger partial charge in [0.15, 0.2) is 5.96 Å². The second kappa shape index (κ2) is 6.23. The molecular formula is C13H20N4O. The van der Waals surface area contributed by atoms with Crippen molar-refractivity contribution in [3.63, 3.8) is 0 Å². The number of likely N-dealkylation sites (tertiary alicyclic amines) is 1. The molecule has 1 N–H and O–H groups in total. The third-order valence-electron chi connectivity index (χ3n) is 3.04. The van der Waals surface area contributed by atoms with Gasteiger partial charge in [0.1, 0.15) is 0 Å². The summed E-state index contributed by atoms with van der Waals surface area (Å²) in [5.74, 6) is 1.60. The van der Waals surface area contributed by atoms with Crippen molar-refractivity contribution in [2.24, 2.45) is 4.99 Å². The Hall–Kier alpha value is -1.78. The summed E-state index contributed by atoms with van der Waals surface area (Å²) in [6, 6.07) is 5.77. The normalized spacial score (nSPS) is 15.9. The molecule has 1 fully saturated rings. The van der Waals surface area contributed by atoms with Gasteiger partial charge in [0.25, 0.3) is 0 Å². The fourth-order valence-electron chi connectivity index (χ4n) is 2.10. The molecule has 0 saturated carbocycles. The zero-order chi connectivity index (χ0) is 12.8. The minimum Gasteiger partial charge on any atom is -0.481 e. The van der Waals surface area contributed by atoms with E-state index in [9.17, 15) is 0 Å². The van der Waals surface area contributed by atoms with Crippen LogP contribution < -0.4 is 10.1 Å². The zero-order valence-electron chi connectivity index (χ0n) is 11.0. The lowest BCUT2D eigenvalue weighted by atomic mass is 10.3. The van der Waals surface area contributed by atoms with Crippen molar-refractivity contribution in [1.29, 1.82) is 0 Å². The van der Waals surface area contributed by atoms with Crippen LogP contribution in [0.25, 0.3) is 0 Å². The third kappa shape index (κ3) is 3.12. The van der Waals surface area contributed by atoms with Crippen LogP contribution in [0.2, 0.25) is 0 Å². The van der Waals surface area contributed by atoms with Gasteiger partial charge in [0.05, 0.1) is 19.3 Å². The van der Waals surface area contributed by atoms with E-state index in [0.717, 1.165) is 24.7 Å². The second-order valence-electron chi connectivity index (χ2n) is 4.27. The predicted molar refractivity (Wildman–Crippen MR) is 71.8 cm³/mol. The van der Waals surface area contributed by atoms with E-state index in [-0.39, 0.29) is 0 Å². The topological polar surface area (TPSA) is 49.8 Å². The number of hydrogen-bond acceptors (Lipinski definition) is 3. The Kier molecular flexibility index (Phi) is 4.39. The van der Waals surface area contributed by atoms with Gasteiger partial charge < -0.3 is 15.0 Å². The highest BCUT2D eigenvalue weighted by molar-refractivity contribution is 5.80. The van der Waals surface area contributed by atoms with E-state index < -0.39 is 0 Å². The first-order chi connectivity index (χ1) is 8.83.